The standard InChI is InChI=1S/C6H9NO3S/c8-4-1-2-5(7-4)11-3-6(9)10/h5H,1-3H2,(H,7,8)(H,9,10)/t5-/m1/s1. The maximum absolute atomic E-state index is 10.6. The van der Waals surface area contributed by atoms with E-state index in [4.69, 9.17) is 5.11 Å². The van der Waals surface area contributed by atoms with E-state index in [0.29, 0.717) is 6.42 Å². The van der Waals surface area contributed by atoms with Gasteiger partial charge in [0.1, 0.15) is 0 Å². The number of amides is 1. The van der Waals surface area contributed by atoms with Crippen LogP contribution in [-0.4, -0.2) is 28.1 Å². The minimum atomic E-state index is -0.837. The molecule has 0 aromatic carbocycles. The first kappa shape index (κ1) is 8.39. The molecule has 0 aromatic heterocycles. The summed E-state index contributed by atoms with van der Waals surface area (Å²) in [5.74, 6) is -0.755. The van der Waals surface area contributed by atoms with Gasteiger partial charge in [-0.1, -0.05) is 0 Å². The van der Waals surface area contributed by atoms with Gasteiger partial charge in [-0.05, 0) is 6.42 Å². The first-order valence-corrected chi connectivity index (χ1v) is 4.36. The van der Waals surface area contributed by atoms with Crippen molar-refractivity contribution in [3.05, 3.63) is 0 Å². The van der Waals surface area contributed by atoms with E-state index in [1.807, 2.05) is 0 Å². The quantitative estimate of drug-likeness (QED) is 0.635. The molecule has 4 nitrogen and oxygen atoms in total. The highest BCUT2D eigenvalue weighted by Crippen LogP contribution is 2.18. The Hall–Kier alpha value is -0.710. The minimum absolute atomic E-state index is 0.0126. The summed E-state index contributed by atoms with van der Waals surface area (Å²) >= 11 is 1.26. The molecular weight excluding hydrogens is 166 g/mol. The van der Waals surface area contributed by atoms with E-state index < -0.39 is 5.97 Å². The summed E-state index contributed by atoms with van der Waals surface area (Å²) in [6, 6.07) is 0. The summed E-state index contributed by atoms with van der Waals surface area (Å²) in [6.07, 6.45) is 1.27. The predicted molar refractivity (Wildman–Crippen MR) is 41.3 cm³/mol. The Morgan fingerprint density at radius 2 is 2.55 bits per heavy atom. The van der Waals surface area contributed by atoms with E-state index in [9.17, 15) is 9.59 Å². The Labute approximate surface area is 68.3 Å². The second-order valence-electron chi connectivity index (χ2n) is 2.30. The lowest BCUT2D eigenvalue weighted by atomic mass is 10.4. The maximum Gasteiger partial charge on any atom is 0.313 e. The Morgan fingerprint density at radius 3 is 3.00 bits per heavy atom. The molecule has 1 fully saturated rings. The van der Waals surface area contributed by atoms with Gasteiger partial charge in [-0.25, -0.2) is 0 Å². The molecule has 1 heterocycles. The number of hydrogen-bond donors (Lipinski definition) is 2. The fraction of sp³-hybridized carbons (Fsp3) is 0.667. The van der Waals surface area contributed by atoms with Crippen molar-refractivity contribution in [3.8, 4) is 0 Å². The molecule has 0 aromatic rings. The van der Waals surface area contributed by atoms with Crippen LogP contribution in [-0.2, 0) is 9.59 Å². The van der Waals surface area contributed by atoms with Crippen molar-refractivity contribution in [3.63, 3.8) is 0 Å². The second kappa shape index (κ2) is 3.61. The fourth-order valence-corrected chi connectivity index (χ4v) is 1.73. The molecule has 1 amide bonds. The lowest BCUT2D eigenvalue weighted by Gasteiger charge is -2.05. The van der Waals surface area contributed by atoms with Crippen LogP contribution >= 0.6 is 11.8 Å². The molecule has 0 saturated carbocycles. The number of nitrogens with one attached hydrogen (secondary N) is 1. The normalized spacial score (nSPS) is 23.3. The lowest BCUT2D eigenvalue weighted by Crippen LogP contribution is -2.23. The van der Waals surface area contributed by atoms with Gasteiger partial charge < -0.3 is 10.4 Å². The monoisotopic (exact) mass is 175 g/mol. The van der Waals surface area contributed by atoms with Gasteiger partial charge in [0, 0.05) is 6.42 Å². The van der Waals surface area contributed by atoms with Crippen molar-refractivity contribution < 1.29 is 14.7 Å². The number of thioether (sulfide) groups is 1. The Kier molecular flexibility index (Phi) is 2.76. The highest BCUT2D eigenvalue weighted by atomic mass is 32.2. The third-order valence-electron chi connectivity index (χ3n) is 1.36. The highest BCUT2D eigenvalue weighted by molar-refractivity contribution is 8.00. The summed E-state index contributed by atoms with van der Waals surface area (Å²) < 4.78 is 0. The fourth-order valence-electron chi connectivity index (χ4n) is 0.883. The van der Waals surface area contributed by atoms with Gasteiger partial charge in [0.2, 0.25) is 5.91 Å². The Bertz CT molecular complexity index is 183. The van der Waals surface area contributed by atoms with Crippen LogP contribution in [0.4, 0.5) is 0 Å². The average Bonchev–Trinajstić information content (AvgIpc) is 2.31. The topological polar surface area (TPSA) is 66.4 Å². The molecule has 1 saturated heterocycles. The second-order valence-corrected chi connectivity index (χ2v) is 3.49. The third kappa shape index (κ3) is 2.80. The zero-order valence-corrected chi connectivity index (χ0v) is 6.69. The number of carbonyl (C=O) groups is 2. The summed E-state index contributed by atoms with van der Waals surface area (Å²) in [5.41, 5.74) is 0. The molecule has 1 aliphatic rings. The molecular formula is C6H9NO3S. The van der Waals surface area contributed by atoms with Crippen molar-refractivity contribution in [1.82, 2.24) is 5.32 Å². The largest absolute Gasteiger partial charge is 0.481 e. The lowest BCUT2D eigenvalue weighted by molar-refractivity contribution is -0.134. The molecule has 1 atom stereocenters. The number of carboxylic acids is 1. The Morgan fingerprint density at radius 1 is 1.82 bits per heavy atom. The van der Waals surface area contributed by atoms with Gasteiger partial charge in [0.05, 0.1) is 11.1 Å². The van der Waals surface area contributed by atoms with Crippen molar-refractivity contribution in [2.45, 2.75) is 18.2 Å². The minimum Gasteiger partial charge on any atom is -0.481 e. The predicted octanol–water partition coefficient (Wildman–Crippen LogP) is 0.0403. The average molecular weight is 175 g/mol. The van der Waals surface area contributed by atoms with Gasteiger partial charge >= 0.3 is 5.97 Å². The maximum atomic E-state index is 10.6. The molecule has 1 rings (SSSR count). The van der Waals surface area contributed by atoms with Gasteiger partial charge in [0.25, 0.3) is 0 Å². The SMILES string of the molecule is O=C(O)CS[C@@H]1CCC(=O)N1. The van der Waals surface area contributed by atoms with Crippen LogP contribution < -0.4 is 5.32 Å². The molecule has 0 aliphatic carbocycles. The molecule has 0 unspecified atom stereocenters. The third-order valence-corrected chi connectivity index (χ3v) is 2.53. The van der Waals surface area contributed by atoms with Crippen LogP contribution in [0.3, 0.4) is 0 Å². The molecule has 0 radical (unpaired) electrons. The van der Waals surface area contributed by atoms with Crippen LogP contribution in [0.15, 0.2) is 0 Å². The zero-order chi connectivity index (χ0) is 8.27. The number of carbonyl (C=O) groups excluding carboxylic acids is 1. The smallest absolute Gasteiger partial charge is 0.313 e. The van der Waals surface area contributed by atoms with E-state index in [1.54, 1.807) is 0 Å². The van der Waals surface area contributed by atoms with Gasteiger partial charge in [-0.2, -0.15) is 0 Å². The number of carboxylic acid groups (broad SMARTS) is 1. The molecule has 0 bridgehead atoms. The van der Waals surface area contributed by atoms with Crippen molar-refractivity contribution >= 4 is 23.6 Å². The van der Waals surface area contributed by atoms with Crippen LogP contribution in [0.25, 0.3) is 0 Å². The van der Waals surface area contributed by atoms with Crippen LogP contribution in [0.5, 0.6) is 0 Å². The van der Waals surface area contributed by atoms with Crippen LogP contribution in [0.1, 0.15) is 12.8 Å². The van der Waals surface area contributed by atoms with E-state index in [0.717, 1.165) is 6.42 Å². The van der Waals surface area contributed by atoms with E-state index >= 15 is 0 Å². The first-order chi connectivity index (χ1) is 5.18. The van der Waals surface area contributed by atoms with Gasteiger partial charge in [-0.3, -0.25) is 9.59 Å². The van der Waals surface area contributed by atoms with Crippen molar-refractivity contribution in [2.24, 2.45) is 0 Å². The van der Waals surface area contributed by atoms with Gasteiger partial charge in [-0.15, -0.1) is 11.8 Å². The van der Waals surface area contributed by atoms with E-state index in [-0.39, 0.29) is 17.0 Å². The summed E-state index contributed by atoms with van der Waals surface area (Å²) in [4.78, 5) is 20.7. The zero-order valence-electron chi connectivity index (χ0n) is 5.87. The van der Waals surface area contributed by atoms with E-state index in [1.165, 1.54) is 11.8 Å². The summed E-state index contributed by atoms with van der Waals surface area (Å²) in [7, 11) is 0. The van der Waals surface area contributed by atoms with E-state index in [2.05, 4.69) is 5.32 Å². The van der Waals surface area contributed by atoms with Crippen molar-refractivity contribution in [1.29, 1.82) is 0 Å². The van der Waals surface area contributed by atoms with Crippen molar-refractivity contribution in [2.75, 3.05) is 5.75 Å². The molecule has 0 spiro atoms. The molecule has 5 heteroatoms. The van der Waals surface area contributed by atoms with Crippen LogP contribution in [0.2, 0.25) is 0 Å². The Balaban J connectivity index is 2.18. The molecule has 1 aliphatic heterocycles. The summed E-state index contributed by atoms with van der Waals surface area (Å²) in [6.45, 7) is 0. The number of rotatable bonds is 3. The summed E-state index contributed by atoms with van der Waals surface area (Å²) in [5, 5.41) is 11.0. The first-order valence-electron chi connectivity index (χ1n) is 3.31. The molecule has 2 N–H and O–H groups in total. The van der Waals surface area contributed by atoms with Crippen LogP contribution in [0, 0.1) is 0 Å². The molecule has 62 valence electrons. The highest BCUT2D eigenvalue weighted by Gasteiger charge is 2.21. The molecule has 11 heavy (non-hydrogen) atoms. The number of aliphatic carboxylic acids is 1. The number of hydrogen-bond acceptors (Lipinski definition) is 3. The van der Waals surface area contributed by atoms with Gasteiger partial charge in [0.15, 0.2) is 0 Å².